The SMILES string of the molecule is CCN(C(=O)OC)N(C)C(=O)Cc1ccc(F)cc1F. The van der Waals surface area contributed by atoms with Crippen LogP contribution in [0.5, 0.6) is 0 Å². The number of methoxy groups -OCH3 is 1. The van der Waals surface area contributed by atoms with E-state index in [1.54, 1.807) is 6.92 Å². The molecule has 2 amide bonds. The van der Waals surface area contributed by atoms with Gasteiger partial charge in [0.05, 0.1) is 13.5 Å². The van der Waals surface area contributed by atoms with Gasteiger partial charge in [-0.2, -0.15) is 0 Å². The van der Waals surface area contributed by atoms with Crippen LogP contribution in [0, 0.1) is 11.6 Å². The summed E-state index contributed by atoms with van der Waals surface area (Å²) in [4.78, 5) is 23.4. The number of rotatable bonds is 3. The molecule has 1 aromatic rings. The van der Waals surface area contributed by atoms with Gasteiger partial charge in [0.2, 0.25) is 5.91 Å². The first-order chi connectivity index (χ1) is 9.40. The number of hydrogen-bond donors (Lipinski definition) is 0. The van der Waals surface area contributed by atoms with Gasteiger partial charge in [-0.15, -0.1) is 0 Å². The number of ether oxygens (including phenoxy) is 1. The Balaban J connectivity index is 2.81. The van der Waals surface area contributed by atoms with Gasteiger partial charge in [-0.1, -0.05) is 6.07 Å². The summed E-state index contributed by atoms with van der Waals surface area (Å²) >= 11 is 0. The second-order valence-electron chi connectivity index (χ2n) is 4.02. The maximum atomic E-state index is 13.5. The molecule has 0 aliphatic carbocycles. The topological polar surface area (TPSA) is 49.9 Å². The van der Waals surface area contributed by atoms with Crippen LogP contribution < -0.4 is 0 Å². The van der Waals surface area contributed by atoms with Crippen LogP contribution in [0.3, 0.4) is 0 Å². The summed E-state index contributed by atoms with van der Waals surface area (Å²) in [6, 6.07) is 2.98. The third-order valence-corrected chi connectivity index (χ3v) is 2.76. The molecule has 0 aromatic heterocycles. The molecule has 0 aliphatic heterocycles. The second-order valence-corrected chi connectivity index (χ2v) is 4.02. The van der Waals surface area contributed by atoms with Crippen molar-refractivity contribution in [2.24, 2.45) is 0 Å². The first-order valence-electron chi connectivity index (χ1n) is 5.96. The Hall–Kier alpha value is -2.18. The summed E-state index contributed by atoms with van der Waals surface area (Å²) in [7, 11) is 2.58. The summed E-state index contributed by atoms with van der Waals surface area (Å²) < 4.78 is 30.8. The van der Waals surface area contributed by atoms with Crippen LogP contribution in [-0.2, 0) is 16.0 Å². The van der Waals surface area contributed by atoms with Crippen molar-refractivity contribution in [2.45, 2.75) is 13.3 Å². The average molecular weight is 286 g/mol. The normalized spacial score (nSPS) is 10.1. The van der Waals surface area contributed by atoms with Crippen molar-refractivity contribution >= 4 is 12.0 Å². The highest BCUT2D eigenvalue weighted by atomic mass is 19.1. The molecule has 0 saturated carbocycles. The van der Waals surface area contributed by atoms with Crippen molar-refractivity contribution in [3.8, 4) is 0 Å². The third kappa shape index (κ3) is 3.66. The fourth-order valence-electron chi connectivity index (χ4n) is 1.65. The molecule has 0 heterocycles. The molecule has 0 aliphatic rings. The Kier molecular flexibility index (Phi) is 5.42. The molecular formula is C13H16F2N2O3. The fourth-order valence-corrected chi connectivity index (χ4v) is 1.65. The number of hydrogen-bond acceptors (Lipinski definition) is 3. The van der Waals surface area contributed by atoms with Gasteiger partial charge >= 0.3 is 6.09 Å². The number of carbonyl (C=O) groups is 2. The van der Waals surface area contributed by atoms with Crippen LogP contribution in [0.1, 0.15) is 12.5 Å². The summed E-state index contributed by atoms with van der Waals surface area (Å²) in [6.07, 6.45) is -0.973. The largest absolute Gasteiger partial charge is 0.452 e. The molecule has 20 heavy (non-hydrogen) atoms. The van der Waals surface area contributed by atoms with Gasteiger partial charge in [-0.05, 0) is 18.6 Å². The van der Waals surface area contributed by atoms with Gasteiger partial charge in [0.1, 0.15) is 11.6 Å². The van der Waals surface area contributed by atoms with E-state index in [0.29, 0.717) is 6.07 Å². The van der Waals surface area contributed by atoms with E-state index in [2.05, 4.69) is 4.74 Å². The molecule has 5 nitrogen and oxygen atoms in total. The molecule has 110 valence electrons. The molecule has 0 N–H and O–H groups in total. The van der Waals surface area contributed by atoms with Crippen molar-refractivity contribution in [1.29, 1.82) is 0 Å². The predicted molar refractivity (Wildman–Crippen MR) is 67.6 cm³/mol. The second kappa shape index (κ2) is 6.83. The molecular weight excluding hydrogens is 270 g/mol. The Morgan fingerprint density at radius 3 is 2.45 bits per heavy atom. The van der Waals surface area contributed by atoms with E-state index in [9.17, 15) is 18.4 Å². The molecule has 7 heteroatoms. The number of amides is 2. The number of carbonyl (C=O) groups excluding carboxylic acids is 2. The standard InChI is InChI=1S/C13H16F2N2O3/c1-4-17(13(19)20-3)16(2)12(18)7-9-5-6-10(14)8-11(9)15/h5-6,8H,4,7H2,1-3H3. The van der Waals surface area contributed by atoms with Crippen LogP contribution >= 0.6 is 0 Å². The minimum absolute atomic E-state index is 0.0594. The Labute approximate surface area is 115 Å². The Bertz CT molecular complexity index is 508. The monoisotopic (exact) mass is 286 g/mol. The smallest absolute Gasteiger partial charge is 0.428 e. The lowest BCUT2D eigenvalue weighted by atomic mass is 10.1. The molecule has 0 atom stereocenters. The van der Waals surface area contributed by atoms with E-state index in [0.717, 1.165) is 16.1 Å². The lowest BCUT2D eigenvalue weighted by Gasteiger charge is -2.29. The maximum absolute atomic E-state index is 13.5. The van der Waals surface area contributed by atoms with Crippen molar-refractivity contribution in [3.05, 3.63) is 35.4 Å². The van der Waals surface area contributed by atoms with E-state index < -0.39 is 23.6 Å². The molecule has 0 unspecified atom stereocenters. The number of likely N-dealkylation sites (N-methyl/N-ethyl adjacent to an activating group) is 1. The van der Waals surface area contributed by atoms with E-state index in [4.69, 9.17) is 0 Å². The lowest BCUT2D eigenvalue weighted by molar-refractivity contribution is -0.142. The number of hydrazine groups is 1. The quantitative estimate of drug-likeness (QED) is 0.798. The van der Waals surface area contributed by atoms with Gasteiger partial charge in [-0.3, -0.25) is 9.80 Å². The van der Waals surface area contributed by atoms with Crippen LogP contribution in [0.15, 0.2) is 18.2 Å². The van der Waals surface area contributed by atoms with Crippen LogP contribution in [0.25, 0.3) is 0 Å². The number of halogens is 2. The van der Waals surface area contributed by atoms with Gasteiger partial charge in [0, 0.05) is 19.7 Å². The molecule has 0 saturated heterocycles. The molecule has 1 rings (SSSR count). The highest BCUT2D eigenvalue weighted by molar-refractivity contribution is 5.81. The molecule has 0 bridgehead atoms. The van der Waals surface area contributed by atoms with Crippen molar-refractivity contribution < 1.29 is 23.1 Å². The molecule has 0 fully saturated rings. The summed E-state index contributed by atoms with van der Waals surface area (Å²) in [5.74, 6) is -2.02. The summed E-state index contributed by atoms with van der Waals surface area (Å²) in [6.45, 7) is 1.89. The first kappa shape index (κ1) is 15.9. The van der Waals surface area contributed by atoms with E-state index in [-0.39, 0.29) is 18.5 Å². The van der Waals surface area contributed by atoms with E-state index >= 15 is 0 Å². The zero-order valence-corrected chi connectivity index (χ0v) is 11.5. The lowest BCUT2D eigenvalue weighted by Crippen LogP contribution is -2.47. The molecule has 1 aromatic carbocycles. The van der Waals surface area contributed by atoms with Crippen molar-refractivity contribution in [3.63, 3.8) is 0 Å². The third-order valence-electron chi connectivity index (χ3n) is 2.76. The fraction of sp³-hybridized carbons (Fsp3) is 0.385. The van der Waals surface area contributed by atoms with Gasteiger partial charge in [0.25, 0.3) is 0 Å². The minimum Gasteiger partial charge on any atom is -0.452 e. The van der Waals surface area contributed by atoms with Crippen LogP contribution in [-0.4, -0.2) is 42.7 Å². The highest BCUT2D eigenvalue weighted by Crippen LogP contribution is 2.12. The average Bonchev–Trinajstić information content (AvgIpc) is 2.42. The van der Waals surface area contributed by atoms with Crippen LogP contribution in [0.4, 0.5) is 13.6 Å². The Morgan fingerprint density at radius 1 is 1.30 bits per heavy atom. The first-order valence-corrected chi connectivity index (χ1v) is 5.96. The number of nitrogens with zero attached hydrogens (tertiary/aromatic N) is 2. The van der Waals surface area contributed by atoms with Gasteiger partial charge in [0.15, 0.2) is 0 Å². The molecule has 0 spiro atoms. The number of benzene rings is 1. The highest BCUT2D eigenvalue weighted by Gasteiger charge is 2.22. The van der Waals surface area contributed by atoms with E-state index in [1.165, 1.54) is 20.2 Å². The maximum Gasteiger partial charge on any atom is 0.428 e. The van der Waals surface area contributed by atoms with Crippen molar-refractivity contribution in [1.82, 2.24) is 10.0 Å². The van der Waals surface area contributed by atoms with Crippen molar-refractivity contribution in [2.75, 3.05) is 20.7 Å². The van der Waals surface area contributed by atoms with Gasteiger partial charge in [-0.25, -0.2) is 18.6 Å². The summed E-state index contributed by atoms with van der Waals surface area (Å²) in [5.41, 5.74) is 0.0594. The zero-order valence-electron chi connectivity index (χ0n) is 11.5. The zero-order chi connectivity index (χ0) is 15.3. The predicted octanol–water partition coefficient (Wildman–Crippen LogP) is 1.97. The van der Waals surface area contributed by atoms with E-state index in [1.807, 2.05) is 0 Å². The van der Waals surface area contributed by atoms with Gasteiger partial charge < -0.3 is 4.74 Å². The minimum atomic E-state index is -0.798. The molecule has 0 radical (unpaired) electrons. The Morgan fingerprint density at radius 2 is 1.95 bits per heavy atom. The summed E-state index contributed by atoms with van der Waals surface area (Å²) in [5, 5.41) is 2.12. The van der Waals surface area contributed by atoms with Crippen LogP contribution in [0.2, 0.25) is 0 Å².